The summed E-state index contributed by atoms with van der Waals surface area (Å²) >= 11 is 12.4. The van der Waals surface area contributed by atoms with Crippen LogP contribution in [-0.2, 0) is 22.4 Å². The predicted molar refractivity (Wildman–Crippen MR) is 172 cm³/mol. The van der Waals surface area contributed by atoms with Crippen LogP contribution in [0.25, 0.3) is 0 Å². The third kappa shape index (κ3) is 4.70. The number of thioether (sulfide) groups is 1. The Kier molecular flexibility index (Phi) is 7.24. The standard InChI is InChI=1S/C33H23BrClF3N2O4S2/c34-15-8-9-22(44-13-14-4-3-5-16(35)10-14)17(11-15)23-24-18-12-19(27(24)45-29-28(23)46-32(43)39-29)26-25(18)30(41)40(31(26)42)21-7-2-1-6-20(21)33(36,37)38/h1-11,18-19,23-27H,12-13H2,(H,39,43)/t18-,19-,23+,24+,25+,26+,27-/m1/s1. The van der Waals surface area contributed by atoms with Gasteiger partial charge in [0.2, 0.25) is 11.8 Å². The smallest absolute Gasteiger partial charge is 0.418 e. The molecule has 4 aliphatic rings. The molecule has 2 aliphatic carbocycles. The quantitative estimate of drug-likeness (QED) is 0.209. The second-order valence-electron chi connectivity index (χ2n) is 12.1. The van der Waals surface area contributed by atoms with Gasteiger partial charge in [-0.05, 0) is 72.2 Å². The number of fused-ring (bicyclic) bond motifs is 9. The lowest BCUT2D eigenvalue weighted by molar-refractivity contribution is -0.137. The van der Waals surface area contributed by atoms with Gasteiger partial charge in [-0.15, -0.1) is 11.8 Å². The number of ether oxygens (including phenoxy) is 1. The highest BCUT2D eigenvalue weighted by atomic mass is 79.9. The van der Waals surface area contributed by atoms with Crippen LogP contribution >= 0.6 is 50.6 Å². The Labute approximate surface area is 282 Å². The highest BCUT2D eigenvalue weighted by molar-refractivity contribution is 9.10. The van der Waals surface area contributed by atoms with Crippen LogP contribution in [0.2, 0.25) is 5.02 Å². The average Bonchev–Trinajstić information content (AvgIpc) is 3.75. The van der Waals surface area contributed by atoms with Gasteiger partial charge in [-0.1, -0.05) is 63.1 Å². The average molecular weight is 748 g/mol. The van der Waals surface area contributed by atoms with E-state index in [1.54, 1.807) is 6.07 Å². The van der Waals surface area contributed by atoms with E-state index in [1.165, 1.54) is 30.0 Å². The van der Waals surface area contributed by atoms with Crippen molar-refractivity contribution in [1.82, 2.24) is 4.98 Å². The van der Waals surface area contributed by atoms with Crippen LogP contribution in [0.15, 0.2) is 81.0 Å². The second-order valence-corrected chi connectivity index (χ2v) is 15.6. The van der Waals surface area contributed by atoms with Crippen LogP contribution in [0.4, 0.5) is 18.9 Å². The molecule has 1 saturated heterocycles. The number of thiazole rings is 1. The van der Waals surface area contributed by atoms with E-state index in [9.17, 15) is 27.6 Å². The fourth-order valence-corrected chi connectivity index (χ4v) is 11.7. The van der Waals surface area contributed by atoms with Crippen LogP contribution in [0, 0.1) is 29.6 Å². The molecule has 3 fully saturated rings. The molecule has 4 aromatic rings. The summed E-state index contributed by atoms with van der Waals surface area (Å²) in [5.74, 6) is -3.04. The molecule has 0 radical (unpaired) electrons. The predicted octanol–water partition coefficient (Wildman–Crippen LogP) is 8.13. The summed E-state index contributed by atoms with van der Waals surface area (Å²) in [7, 11) is 0. The van der Waals surface area contributed by atoms with Crippen LogP contribution in [0.3, 0.4) is 0 Å². The topological polar surface area (TPSA) is 79.5 Å². The molecule has 3 heterocycles. The van der Waals surface area contributed by atoms with E-state index in [2.05, 4.69) is 20.9 Å². The van der Waals surface area contributed by atoms with Gasteiger partial charge in [0.15, 0.2) is 0 Å². The number of alkyl halides is 3. The molecule has 1 N–H and O–H groups in total. The molecule has 46 heavy (non-hydrogen) atoms. The summed E-state index contributed by atoms with van der Waals surface area (Å²) in [5, 5.41) is 1.18. The minimum Gasteiger partial charge on any atom is -0.489 e. The first-order chi connectivity index (χ1) is 22.0. The molecular weight excluding hydrogens is 725 g/mol. The van der Waals surface area contributed by atoms with Crippen molar-refractivity contribution < 1.29 is 27.5 Å². The number of nitrogens with one attached hydrogen (secondary N) is 1. The maximum Gasteiger partial charge on any atom is 0.418 e. The van der Waals surface area contributed by atoms with Crippen molar-refractivity contribution in [3.8, 4) is 5.75 Å². The van der Waals surface area contributed by atoms with Gasteiger partial charge in [0, 0.05) is 31.1 Å². The van der Waals surface area contributed by atoms with E-state index >= 15 is 0 Å². The van der Waals surface area contributed by atoms with Gasteiger partial charge < -0.3 is 9.72 Å². The molecule has 6 nitrogen and oxygen atoms in total. The lowest BCUT2D eigenvalue weighted by Crippen LogP contribution is -2.42. The zero-order valence-corrected chi connectivity index (χ0v) is 27.6. The number of carbonyl (C=O) groups is 2. The highest BCUT2D eigenvalue weighted by Crippen LogP contribution is 2.69. The molecule has 2 amide bonds. The number of H-pyrrole nitrogens is 1. The summed E-state index contributed by atoms with van der Waals surface area (Å²) < 4.78 is 49.2. The Bertz CT molecular complexity index is 1980. The summed E-state index contributed by atoms with van der Waals surface area (Å²) in [6.07, 6.45) is -4.13. The van der Waals surface area contributed by atoms with Gasteiger partial charge >= 0.3 is 11.0 Å². The number of aromatic amines is 1. The van der Waals surface area contributed by atoms with Crippen molar-refractivity contribution in [3.63, 3.8) is 0 Å². The van der Waals surface area contributed by atoms with Gasteiger partial charge in [0.05, 0.1) is 28.1 Å². The number of benzene rings is 3. The second kappa shape index (κ2) is 11.0. The number of carbonyl (C=O) groups excluding carboxylic acids is 2. The minimum absolute atomic E-state index is 0.136. The molecule has 13 heteroatoms. The third-order valence-electron chi connectivity index (χ3n) is 9.76. The number of nitrogens with zero attached hydrogens (tertiary/aromatic N) is 1. The summed E-state index contributed by atoms with van der Waals surface area (Å²) in [4.78, 5) is 45.1. The van der Waals surface area contributed by atoms with Crippen molar-refractivity contribution >= 4 is 68.1 Å². The normalized spacial score (nSPS) is 27.9. The van der Waals surface area contributed by atoms with Gasteiger partial charge in [-0.25, -0.2) is 4.90 Å². The third-order valence-corrected chi connectivity index (χ3v) is 13.1. The molecule has 2 aliphatic heterocycles. The van der Waals surface area contributed by atoms with Crippen molar-refractivity contribution in [2.75, 3.05) is 4.90 Å². The molecule has 8 rings (SSSR count). The Morgan fingerprint density at radius 1 is 0.978 bits per heavy atom. The lowest BCUT2D eigenvalue weighted by atomic mass is 9.68. The van der Waals surface area contributed by atoms with Crippen LogP contribution < -0.4 is 14.5 Å². The molecule has 236 valence electrons. The van der Waals surface area contributed by atoms with E-state index in [1.807, 2.05) is 36.4 Å². The van der Waals surface area contributed by atoms with Gasteiger partial charge in [0.1, 0.15) is 12.4 Å². The monoisotopic (exact) mass is 746 g/mol. The van der Waals surface area contributed by atoms with E-state index < -0.39 is 41.1 Å². The number of hydrogen-bond donors (Lipinski definition) is 1. The maximum atomic E-state index is 14.1. The Morgan fingerprint density at radius 2 is 1.74 bits per heavy atom. The minimum atomic E-state index is -4.73. The van der Waals surface area contributed by atoms with Crippen molar-refractivity contribution in [3.05, 3.63) is 107 Å². The van der Waals surface area contributed by atoms with E-state index in [-0.39, 0.29) is 40.4 Å². The molecular formula is C33H23BrClF3N2O4S2. The number of aromatic nitrogens is 1. The number of hydrogen-bond acceptors (Lipinski definition) is 6. The SMILES string of the molecule is O=C1[C@H]2[C@H]3C[C@@H]([C@@H]2C(=O)N1c1ccccc1C(F)(F)F)[C@H]1[C@H](c2cc(Br)ccc2OCc2cccc(Cl)c2)c2sc(=O)[nH]c2S[C@H]31. The first-order valence-corrected chi connectivity index (χ1v) is 17.5. The lowest BCUT2D eigenvalue weighted by Gasteiger charge is -2.43. The van der Waals surface area contributed by atoms with Gasteiger partial charge in [-0.2, -0.15) is 13.2 Å². The number of amides is 2. The maximum absolute atomic E-state index is 14.1. The Morgan fingerprint density at radius 3 is 2.50 bits per heavy atom. The highest BCUT2D eigenvalue weighted by Gasteiger charge is 2.70. The Balaban J connectivity index is 1.20. The van der Waals surface area contributed by atoms with Crippen molar-refractivity contribution in [2.24, 2.45) is 29.6 Å². The summed E-state index contributed by atoms with van der Waals surface area (Å²) in [6.45, 7) is 0.248. The van der Waals surface area contributed by atoms with Crippen molar-refractivity contribution in [1.29, 1.82) is 0 Å². The number of rotatable bonds is 5. The molecule has 0 unspecified atom stereocenters. The summed E-state index contributed by atoms with van der Waals surface area (Å²) in [5.41, 5.74) is 0.285. The molecule has 7 atom stereocenters. The van der Waals surface area contributed by atoms with E-state index in [0.29, 0.717) is 17.2 Å². The largest absolute Gasteiger partial charge is 0.489 e. The molecule has 2 bridgehead atoms. The number of anilines is 1. The molecule has 3 aromatic carbocycles. The fraction of sp³-hybridized carbons (Fsp3) is 0.303. The first-order valence-electron chi connectivity index (χ1n) is 14.6. The van der Waals surface area contributed by atoms with E-state index in [4.69, 9.17) is 16.3 Å². The summed E-state index contributed by atoms with van der Waals surface area (Å²) in [6, 6.07) is 17.8. The molecule has 1 aromatic heterocycles. The van der Waals surface area contributed by atoms with Crippen LogP contribution in [0.5, 0.6) is 5.75 Å². The zero-order chi connectivity index (χ0) is 32.1. The van der Waals surface area contributed by atoms with E-state index in [0.717, 1.165) is 47.8 Å². The van der Waals surface area contributed by atoms with Crippen molar-refractivity contribution in [2.45, 2.75) is 35.4 Å². The number of imide groups is 1. The molecule has 2 saturated carbocycles. The van der Waals surface area contributed by atoms with Crippen LogP contribution in [-0.4, -0.2) is 22.0 Å². The van der Waals surface area contributed by atoms with Gasteiger partial charge in [-0.3, -0.25) is 14.4 Å². The number of halogens is 5. The van der Waals surface area contributed by atoms with Crippen LogP contribution in [0.1, 0.15) is 33.9 Å². The molecule has 0 spiro atoms. The first kappa shape index (κ1) is 30.3. The number of para-hydroxylation sites is 1. The Hall–Kier alpha value is -3.06. The fourth-order valence-electron chi connectivity index (χ4n) is 8.19. The zero-order valence-electron chi connectivity index (χ0n) is 23.6. The van der Waals surface area contributed by atoms with Gasteiger partial charge in [0.25, 0.3) is 0 Å².